The van der Waals surface area contributed by atoms with E-state index in [0.29, 0.717) is 19.5 Å². The van der Waals surface area contributed by atoms with E-state index in [4.69, 9.17) is 5.11 Å². The van der Waals surface area contributed by atoms with Crippen molar-refractivity contribution in [3.05, 3.63) is 30.1 Å². The fourth-order valence-electron chi connectivity index (χ4n) is 2.32. The minimum atomic E-state index is -0.852. The number of carbonyl (C=O) groups excluding carboxylic acids is 1. The van der Waals surface area contributed by atoms with E-state index in [2.05, 4.69) is 5.32 Å². The highest BCUT2D eigenvalue weighted by atomic mass is 19.1. The van der Waals surface area contributed by atoms with Gasteiger partial charge in [0.15, 0.2) is 0 Å². The summed E-state index contributed by atoms with van der Waals surface area (Å²) >= 11 is 0. The second-order valence-corrected chi connectivity index (χ2v) is 5.35. The molecule has 0 saturated carbocycles. The normalized spacial score (nSPS) is 22.7. The molecule has 0 spiro atoms. The van der Waals surface area contributed by atoms with Crippen molar-refractivity contribution in [3.8, 4) is 0 Å². The Labute approximate surface area is 116 Å². The highest BCUT2D eigenvalue weighted by molar-refractivity contribution is 5.92. The molecule has 5 nitrogen and oxygen atoms in total. The van der Waals surface area contributed by atoms with Gasteiger partial charge in [0.05, 0.1) is 17.6 Å². The summed E-state index contributed by atoms with van der Waals surface area (Å²) in [7, 11) is 0. The molecule has 2 rings (SSSR count). The molecule has 0 radical (unpaired) electrons. The van der Waals surface area contributed by atoms with E-state index in [-0.39, 0.29) is 18.1 Å². The van der Waals surface area contributed by atoms with Gasteiger partial charge in [-0.05, 0) is 32.0 Å². The molecule has 1 saturated heterocycles. The van der Waals surface area contributed by atoms with Crippen LogP contribution in [0.25, 0.3) is 0 Å². The van der Waals surface area contributed by atoms with E-state index < -0.39 is 17.2 Å². The lowest BCUT2D eigenvalue weighted by Gasteiger charge is -2.19. The zero-order valence-corrected chi connectivity index (χ0v) is 11.2. The molecule has 0 aliphatic carbocycles. The van der Waals surface area contributed by atoms with Gasteiger partial charge in [-0.15, -0.1) is 0 Å². The number of carbonyl (C=O) groups is 2. The van der Waals surface area contributed by atoms with Crippen LogP contribution in [0.1, 0.15) is 13.3 Å². The molecule has 2 N–H and O–H groups in total. The average molecular weight is 280 g/mol. The summed E-state index contributed by atoms with van der Waals surface area (Å²) in [6, 6.07) is 5.94. The summed E-state index contributed by atoms with van der Waals surface area (Å²) in [6.07, 6.45) is 0.509. The number of carboxylic acid groups (broad SMARTS) is 1. The van der Waals surface area contributed by atoms with Gasteiger partial charge >= 0.3 is 5.97 Å². The molecule has 20 heavy (non-hydrogen) atoms. The number of carboxylic acids is 1. The first kappa shape index (κ1) is 14.5. The van der Waals surface area contributed by atoms with Crippen LogP contribution in [0.4, 0.5) is 10.1 Å². The van der Waals surface area contributed by atoms with Crippen molar-refractivity contribution in [3.63, 3.8) is 0 Å². The lowest BCUT2D eigenvalue weighted by Crippen LogP contribution is -2.35. The number of nitrogens with one attached hydrogen (secondary N) is 1. The van der Waals surface area contributed by atoms with Crippen LogP contribution in [-0.2, 0) is 9.59 Å². The monoisotopic (exact) mass is 280 g/mol. The molecule has 1 fully saturated rings. The Balaban J connectivity index is 1.91. The summed E-state index contributed by atoms with van der Waals surface area (Å²) in [5.41, 5.74) is -0.671. The lowest BCUT2D eigenvalue weighted by molar-refractivity contribution is -0.147. The lowest BCUT2D eigenvalue weighted by atomic mass is 9.90. The van der Waals surface area contributed by atoms with Crippen molar-refractivity contribution in [2.45, 2.75) is 13.3 Å². The largest absolute Gasteiger partial charge is 0.481 e. The number of hydrogen-bond donors (Lipinski definition) is 2. The third kappa shape index (κ3) is 3.14. The molecule has 1 heterocycles. The van der Waals surface area contributed by atoms with Crippen LogP contribution < -0.4 is 5.32 Å². The summed E-state index contributed by atoms with van der Waals surface area (Å²) in [6.45, 7) is 2.61. The van der Waals surface area contributed by atoms with Gasteiger partial charge in [-0.2, -0.15) is 0 Å². The molecular formula is C14H17FN2O3. The molecule has 6 heteroatoms. The summed E-state index contributed by atoms with van der Waals surface area (Å²) < 4.78 is 13.4. The van der Waals surface area contributed by atoms with Crippen molar-refractivity contribution in [2.24, 2.45) is 5.41 Å². The van der Waals surface area contributed by atoms with Gasteiger partial charge in [-0.25, -0.2) is 4.39 Å². The minimum Gasteiger partial charge on any atom is -0.481 e. The number of benzene rings is 1. The Morgan fingerprint density at radius 2 is 2.15 bits per heavy atom. The highest BCUT2D eigenvalue weighted by Gasteiger charge is 2.40. The predicted molar refractivity (Wildman–Crippen MR) is 71.8 cm³/mol. The van der Waals surface area contributed by atoms with Crippen LogP contribution in [0, 0.1) is 11.2 Å². The number of aliphatic carboxylic acids is 1. The van der Waals surface area contributed by atoms with Crippen molar-refractivity contribution in [2.75, 3.05) is 25.0 Å². The number of anilines is 1. The van der Waals surface area contributed by atoms with Crippen LogP contribution in [0.15, 0.2) is 24.3 Å². The molecule has 1 aromatic carbocycles. The van der Waals surface area contributed by atoms with Gasteiger partial charge < -0.3 is 10.4 Å². The fourth-order valence-corrected chi connectivity index (χ4v) is 2.32. The zero-order valence-electron chi connectivity index (χ0n) is 11.2. The SMILES string of the molecule is CC1(C(=O)O)CCN(CC(=O)Nc2ccccc2F)C1. The Morgan fingerprint density at radius 1 is 1.45 bits per heavy atom. The second kappa shape index (κ2) is 5.58. The number of amides is 1. The van der Waals surface area contributed by atoms with Gasteiger partial charge in [0.2, 0.25) is 5.91 Å². The average Bonchev–Trinajstić information content (AvgIpc) is 2.75. The van der Waals surface area contributed by atoms with Crippen molar-refractivity contribution < 1.29 is 19.1 Å². The van der Waals surface area contributed by atoms with Crippen LogP contribution in [0.3, 0.4) is 0 Å². The summed E-state index contributed by atoms with van der Waals surface area (Å²) in [5.74, 6) is -1.68. The molecule has 1 aromatic rings. The molecule has 1 aliphatic rings. The quantitative estimate of drug-likeness (QED) is 0.878. The minimum absolute atomic E-state index is 0.0667. The Kier molecular flexibility index (Phi) is 4.04. The topological polar surface area (TPSA) is 69.6 Å². The molecule has 1 atom stereocenters. The van der Waals surface area contributed by atoms with Gasteiger partial charge in [-0.1, -0.05) is 12.1 Å². The van der Waals surface area contributed by atoms with E-state index in [1.54, 1.807) is 24.0 Å². The van der Waals surface area contributed by atoms with Crippen LogP contribution in [-0.4, -0.2) is 41.5 Å². The number of para-hydroxylation sites is 1. The molecule has 1 amide bonds. The van der Waals surface area contributed by atoms with Crippen molar-refractivity contribution in [1.29, 1.82) is 0 Å². The first-order valence-corrected chi connectivity index (χ1v) is 6.41. The summed E-state index contributed by atoms with van der Waals surface area (Å²) in [4.78, 5) is 24.7. The van der Waals surface area contributed by atoms with Gasteiger partial charge in [0.25, 0.3) is 0 Å². The molecular weight excluding hydrogens is 263 g/mol. The molecule has 108 valence electrons. The van der Waals surface area contributed by atoms with E-state index in [0.717, 1.165) is 0 Å². The first-order chi connectivity index (χ1) is 9.40. The maximum Gasteiger partial charge on any atom is 0.310 e. The number of halogens is 1. The van der Waals surface area contributed by atoms with Gasteiger partial charge in [0.1, 0.15) is 5.82 Å². The van der Waals surface area contributed by atoms with E-state index >= 15 is 0 Å². The smallest absolute Gasteiger partial charge is 0.310 e. The van der Waals surface area contributed by atoms with E-state index in [1.807, 2.05) is 0 Å². The van der Waals surface area contributed by atoms with Gasteiger partial charge in [0, 0.05) is 6.54 Å². The Bertz CT molecular complexity index is 535. The van der Waals surface area contributed by atoms with E-state index in [1.165, 1.54) is 12.1 Å². The first-order valence-electron chi connectivity index (χ1n) is 6.41. The molecule has 0 aromatic heterocycles. The number of rotatable bonds is 4. The Morgan fingerprint density at radius 3 is 2.75 bits per heavy atom. The molecule has 1 unspecified atom stereocenters. The predicted octanol–water partition coefficient (Wildman–Crippen LogP) is 1.56. The van der Waals surface area contributed by atoms with Crippen LogP contribution >= 0.6 is 0 Å². The third-order valence-corrected chi connectivity index (χ3v) is 3.58. The number of likely N-dealkylation sites (tertiary alicyclic amines) is 1. The van der Waals surface area contributed by atoms with Crippen LogP contribution in [0.2, 0.25) is 0 Å². The second-order valence-electron chi connectivity index (χ2n) is 5.35. The fraction of sp³-hybridized carbons (Fsp3) is 0.429. The van der Waals surface area contributed by atoms with Crippen LogP contribution in [0.5, 0.6) is 0 Å². The zero-order chi connectivity index (χ0) is 14.8. The molecule has 1 aliphatic heterocycles. The standard InChI is InChI=1S/C14H17FN2O3/c1-14(13(19)20)6-7-17(9-14)8-12(18)16-11-5-3-2-4-10(11)15/h2-5H,6-9H2,1H3,(H,16,18)(H,19,20). The number of nitrogens with zero attached hydrogens (tertiary/aromatic N) is 1. The maximum atomic E-state index is 13.4. The Hall–Kier alpha value is -1.95. The maximum absolute atomic E-state index is 13.4. The summed E-state index contributed by atoms with van der Waals surface area (Å²) in [5, 5.41) is 11.6. The van der Waals surface area contributed by atoms with E-state index in [9.17, 15) is 14.0 Å². The van der Waals surface area contributed by atoms with Gasteiger partial charge in [-0.3, -0.25) is 14.5 Å². The molecule has 0 bridgehead atoms. The number of hydrogen-bond acceptors (Lipinski definition) is 3. The van der Waals surface area contributed by atoms with Crippen molar-refractivity contribution in [1.82, 2.24) is 4.90 Å². The highest BCUT2D eigenvalue weighted by Crippen LogP contribution is 2.29. The van der Waals surface area contributed by atoms with Crippen molar-refractivity contribution >= 4 is 17.6 Å². The third-order valence-electron chi connectivity index (χ3n) is 3.58.